The fourth-order valence-corrected chi connectivity index (χ4v) is 1.03. The van der Waals surface area contributed by atoms with Gasteiger partial charge in [0.25, 0.3) is 0 Å². The predicted octanol–water partition coefficient (Wildman–Crippen LogP) is 0.322. The molecule has 0 rings (SSSR count). The number of aliphatic carboxylic acids is 1. The second-order valence-corrected chi connectivity index (χ2v) is 3.88. The first kappa shape index (κ1) is 16.8. The van der Waals surface area contributed by atoms with Crippen molar-refractivity contribution in [1.82, 2.24) is 5.32 Å². The Hall–Kier alpha value is -2.21. The molecule has 0 saturated carbocycles. The maximum absolute atomic E-state index is 11.4. The van der Waals surface area contributed by atoms with Gasteiger partial charge < -0.3 is 15.2 Å². The fraction of sp³-hybridized carbons (Fsp3) is 0.636. The molecule has 0 saturated heterocycles. The van der Waals surface area contributed by atoms with Crippen molar-refractivity contribution in [3.8, 4) is 0 Å². The number of ether oxygens (including phenoxy) is 1. The lowest BCUT2D eigenvalue weighted by Crippen LogP contribution is -2.33. The van der Waals surface area contributed by atoms with Crippen LogP contribution in [-0.4, -0.2) is 42.3 Å². The van der Waals surface area contributed by atoms with E-state index in [-0.39, 0.29) is 13.1 Å². The summed E-state index contributed by atoms with van der Waals surface area (Å²) in [7, 11) is 0. The number of hydrogen-bond acceptors (Lipinski definition) is 6. The van der Waals surface area contributed by atoms with E-state index < -0.39 is 29.9 Å². The topological polar surface area (TPSA) is 122 Å². The van der Waals surface area contributed by atoms with Gasteiger partial charge in [-0.05, 0) is 6.42 Å². The van der Waals surface area contributed by atoms with Crippen LogP contribution in [0.5, 0.6) is 0 Å². The average molecular weight is 272 g/mol. The molecule has 0 bridgehead atoms. The highest BCUT2D eigenvalue weighted by Gasteiger charge is 2.28. The van der Waals surface area contributed by atoms with Crippen molar-refractivity contribution >= 4 is 24.1 Å². The van der Waals surface area contributed by atoms with Gasteiger partial charge in [-0.15, -0.1) is 0 Å². The molecule has 0 aliphatic rings. The molecule has 1 amide bonds. The summed E-state index contributed by atoms with van der Waals surface area (Å²) in [6, 6.07) is 0. The summed E-state index contributed by atoms with van der Waals surface area (Å²) >= 11 is 0. The SMILES string of the molecule is CC(C(=O)O)C(C)C(=O)OC(=O)NCCCN=C=O. The van der Waals surface area contributed by atoms with Crippen molar-refractivity contribution in [2.45, 2.75) is 20.3 Å². The Morgan fingerprint density at radius 1 is 1.32 bits per heavy atom. The lowest BCUT2D eigenvalue weighted by Gasteiger charge is -2.14. The summed E-state index contributed by atoms with van der Waals surface area (Å²) in [5, 5.41) is 11.0. The van der Waals surface area contributed by atoms with E-state index >= 15 is 0 Å². The van der Waals surface area contributed by atoms with Crippen molar-refractivity contribution in [1.29, 1.82) is 0 Å². The fourth-order valence-electron chi connectivity index (χ4n) is 1.03. The zero-order valence-corrected chi connectivity index (χ0v) is 10.7. The lowest BCUT2D eigenvalue weighted by molar-refractivity contribution is -0.152. The van der Waals surface area contributed by atoms with Crippen LogP contribution in [-0.2, 0) is 19.1 Å². The van der Waals surface area contributed by atoms with E-state index in [1.165, 1.54) is 19.9 Å². The standard InChI is InChI=1S/C11H16N2O6/c1-7(9(15)16)8(2)10(17)19-11(18)13-5-3-4-12-6-14/h7-8H,3-5H2,1-2H3,(H,13,18)(H,15,16). The molecule has 2 atom stereocenters. The molecule has 8 nitrogen and oxygen atoms in total. The van der Waals surface area contributed by atoms with E-state index in [0.717, 1.165) is 0 Å². The van der Waals surface area contributed by atoms with Crippen LogP contribution < -0.4 is 5.32 Å². The molecule has 19 heavy (non-hydrogen) atoms. The summed E-state index contributed by atoms with van der Waals surface area (Å²) in [4.78, 5) is 46.3. The third-order valence-corrected chi connectivity index (χ3v) is 2.49. The summed E-state index contributed by atoms with van der Waals surface area (Å²) < 4.78 is 4.43. The number of carboxylic acids is 1. The molecule has 0 radical (unpaired) electrons. The molecule has 2 N–H and O–H groups in total. The van der Waals surface area contributed by atoms with E-state index in [4.69, 9.17) is 5.11 Å². The summed E-state index contributed by atoms with van der Waals surface area (Å²) in [6.45, 7) is 3.11. The lowest BCUT2D eigenvalue weighted by atomic mass is 9.96. The molecule has 8 heteroatoms. The zero-order valence-electron chi connectivity index (χ0n) is 10.7. The second kappa shape index (κ2) is 8.82. The van der Waals surface area contributed by atoms with Gasteiger partial charge in [-0.2, -0.15) is 0 Å². The first-order chi connectivity index (χ1) is 8.90. The number of hydrogen-bond donors (Lipinski definition) is 2. The largest absolute Gasteiger partial charge is 0.481 e. The van der Waals surface area contributed by atoms with Gasteiger partial charge in [0, 0.05) is 6.54 Å². The molecule has 0 aliphatic heterocycles. The molecular weight excluding hydrogens is 256 g/mol. The number of carbonyl (C=O) groups is 3. The first-order valence-electron chi connectivity index (χ1n) is 5.66. The van der Waals surface area contributed by atoms with Crippen LogP contribution in [0, 0.1) is 11.8 Å². The van der Waals surface area contributed by atoms with Crippen LogP contribution in [0.15, 0.2) is 4.99 Å². The molecule has 0 aromatic rings. The Kier molecular flexibility index (Phi) is 7.79. The van der Waals surface area contributed by atoms with Gasteiger partial charge in [-0.25, -0.2) is 14.6 Å². The summed E-state index contributed by atoms with van der Waals surface area (Å²) in [5.41, 5.74) is 0. The van der Waals surface area contributed by atoms with Crippen LogP contribution in [0.2, 0.25) is 0 Å². The number of carbonyl (C=O) groups excluding carboxylic acids is 3. The van der Waals surface area contributed by atoms with Crippen molar-refractivity contribution < 1.29 is 29.0 Å². The van der Waals surface area contributed by atoms with Gasteiger partial charge in [0.2, 0.25) is 6.08 Å². The van der Waals surface area contributed by atoms with E-state index in [1.54, 1.807) is 0 Å². The highest BCUT2D eigenvalue weighted by molar-refractivity contribution is 5.88. The maximum Gasteiger partial charge on any atom is 0.414 e. The van der Waals surface area contributed by atoms with E-state index in [9.17, 15) is 19.2 Å². The predicted molar refractivity (Wildman–Crippen MR) is 63.1 cm³/mol. The Morgan fingerprint density at radius 2 is 1.95 bits per heavy atom. The average Bonchev–Trinajstić information content (AvgIpc) is 2.36. The maximum atomic E-state index is 11.4. The Labute approximate surface area is 109 Å². The third kappa shape index (κ3) is 6.95. The van der Waals surface area contributed by atoms with Crippen molar-refractivity contribution in [2.24, 2.45) is 16.8 Å². The number of aliphatic imine (C=N–C) groups is 1. The minimum atomic E-state index is -1.14. The molecule has 106 valence electrons. The number of esters is 1. The van der Waals surface area contributed by atoms with Gasteiger partial charge >= 0.3 is 18.0 Å². The third-order valence-electron chi connectivity index (χ3n) is 2.49. The summed E-state index contributed by atoms with van der Waals surface area (Å²) in [5.74, 6) is -3.92. The number of isocyanates is 1. The van der Waals surface area contributed by atoms with Crippen LogP contribution in [0.4, 0.5) is 4.79 Å². The molecule has 0 heterocycles. The van der Waals surface area contributed by atoms with E-state index in [0.29, 0.717) is 6.42 Å². The minimum absolute atomic E-state index is 0.181. The van der Waals surface area contributed by atoms with Crippen LogP contribution in [0.25, 0.3) is 0 Å². The molecule has 0 aliphatic carbocycles. The molecule has 0 aromatic heterocycles. The molecule has 0 spiro atoms. The Morgan fingerprint density at radius 3 is 2.47 bits per heavy atom. The smallest absolute Gasteiger partial charge is 0.414 e. The van der Waals surface area contributed by atoms with Gasteiger partial charge in [0.05, 0.1) is 18.4 Å². The van der Waals surface area contributed by atoms with Crippen molar-refractivity contribution in [2.75, 3.05) is 13.1 Å². The second-order valence-electron chi connectivity index (χ2n) is 3.88. The van der Waals surface area contributed by atoms with Crippen LogP contribution in [0.3, 0.4) is 0 Å². The van der Waals surface area contributed by atoms with Crippen LogP contribution >= 0.6 is 0 Å². The van der Waals surface area contributed by atoms with Crippen molar-refractivity contribution in [3.05, 3.63) is 0 Å². The van der Waals surface area contributed by atoms with Gasteiger partial charge in [0.1, 0.15) is 0 Å². The number of rotatable bonds is 7. The number of nitrogens with zero attached hydrogens (tertiary/aromatic N) is 1. The quantitative estimate of drug-likeness (QED) is 0.226. The van der Waals surface area contributed by atoms with E-state index in [2.05, 4.69) is 15.0 Å². The summed E-state index contributed by atoms with van der Waals surface area (Å²) in [6.07, 6.45) is 0.796. The molecule has 2 unspecified atom stereocenters. The zero-order chi connectivity index (χ0) is 14.8. The number of alkyl carbamates (subject to hydrolysis) is 1. The van der Waals surface area contributed by atoms with Crippen LogP contribution in [0.1, 0.15) is 20.3 Å². The minimum Gasteiger partial charge on any atom is -0.481 e. The molecule has 0 aromatic carbocycles. The molecular formula is C11H16N2O6. The molecule has 0 fully saturated rings. The van der Waals surface area contributed by atoms with Gasteiger partial charge in [-0.1, -0.05) is 13.8 Å². The normalized spacial score (nSPS) is 12.7. The van der Waals surface area contributed by atoms with E-state index in [1.807, 2.05) is 0 Å². The number of amides is 1. The van der Waals surface area contributed by atoms with Gasteiger partial charge in [-0.3, -0.25) is 9.59 Å². The Bertz CT molecular complexity index is 389. The highest BCUT2D eigenvalue weighted by atomic mass is 16.6. The Balaban J connectivity index is 4.01. The number of carboxylic acid groups (broad SMARTS) is 1. The van der Waals surface area contributed by atoms with Gasteiger partial charge in [0.15, 0.2) is 0 Å². The monoisotopic (exact) mass is 272 g/mol. The highest BCUT2D eigenvalue weighted by Crippen LogP contribution is 2.12. The first-order valence-corrected chi connectivity index (χ1v) is 5.66. The van der Waals surface area contributed by atoms with Crippen molar-refractivity contribution in [3.63, 3.8) is 0 Å². The number of nitrogens with one attached hydrogen (secondary N) is 1.